The van der Waals surface area contributed by atoms with Crippen molar-refractivity contribution in [3.8, 4) is 0 Å². The number of aryl methyl sites for hydroxylation is 2. The molecule has 10 heteroatoms. The van der Waals surface area contributed by atoms with Crippen LogP contribution >= 0.6 is 22.7 Å². The van der Waals surface area contributed by atoms with Gasteiger partial charge in [0.25, 0.3) is 0 Å². The first-order chi connectivity index (χ1) is 14.1. The molecule has 2 aromatic heterocycles. The smallest absolute Gasteiger partial charge is 0.210 e. The molecule has 0 aliphatic rings. The summed E-state index contributed by atoms with van der Waals surface area (Å²) >= 11 is 2.31. The Morgan fingerprint density at radius 1 is 0.700 bits per heavy atom. The summed E-state index contributed by atoms with van der Waals surface area (Å²) in [6.45, 7) is 3.89. The van der Waals surface area contributed by atoms with E-state index in [0.717, 1.165) is 43.2 Å². The lowest BCUT2D eigenvalue weighted by Crippen LogP contribution is -2.10. The first-order valence-corrected chi connectivity index (χ1v) is 14.3. The lowest BCUT2D eigenvalue weighted by atomic mass is 10.2. The molecule has 0 bridgehead atoms. The molecule has 0 N–H and O–H groups in total. The third-order valence-corrected chi connectivity index (χ3v) is 11.2. The van der Waals surface area contributed by atoms with Gasteiger partial charge in [-0.05, 0) is 62.1 Å². The normalized spacial score (nSPS) is 12.7. The predicted octanol–water partition coefficient (Wildman–Crippen LogP) is 4.55. The number of aromatic nitrogens is 2. The molecule has 4 rings (SSSR count). The standard InChI is InChI=1S/C20H20N2O4S4/c1-13-5-7-15-17(11-13)27-19(21-15)29(23,24)9-3-4-10-30(25,26)20-22-16-8-6-14(2)12-18(16)28-20/h5-8,11-12H,3-4,9-10H2,1-2H3. The molecule has 0 unspecified atom stereocenters. The van der Waals surface area contributed by atoms with Crippen LogP contribution in [0.25, 0.3) is 20.4 Å². The van der Waals surface area contributed by atoms with E-state index in [2.05, 4.69) is 9.97 Å². The molecule has 0 saturated carbocycles. The minimum Gasteiger partial charge on any atom is -0.225 e. The van der Waals surface area contributed by atoms with Gasteiger partial charge in [-0.15, -0.1) is 22.7 Å². The van der Waals surface area contributed by atoms with Crippen LogP contribution in [-0.4, -0.2) is 38.3 Å². The number of sulfone groups is 2. The van der Waals surface area contributed by atoms with Crippen LogP contribution in [0, 0.1) is 13.8 Å². The van der Waals surface area contributed by atoms with Gasteiger partial charge in [-0.3, -0.25) is 0 Å². The van der Waals surface area contributed by atoms with Gasteiger partial charge in [0.2, 0.25) is 28.4 Å². The second-order valence-corrected chi connectivity index (χ2v) is 13.9. The van der Waals surface area contributed by atoms with Crippen molar-refractivity contribution in [3.05, 3.63) is 47.5 Å². The largest absolute Gasteiger partial charge is 0.225 e. The number of hydrogen-bond donors (Lipinski definition) is 0. The summed E-state index contributed by atoms with van der Waals surface area (Å²) in [6.07, 6.45) is 0.501. The van der Waals surface area contributed by atoms with E-state index in [4.69, 9.17) is 0 Å². The molecule has 0 fully saturated rings. The average Bonchev–Trinajstić information content (AvgIpc) is 3.29. The van der Waals surface area contributed by atoms with E-state index >= 15 is 0 Å². The van der Waals surface area contributed by atoms with Crippen LogP contribution in [0.15, 0.2) is 45.1 Å². The zero-order valence-electron chi connectivity index (χ0n) is 16.5. The Hall–Kier alpha value is -1.88. The van der Waals surface area contributed by atoms with Crippen molar-refractivity contribution in [1.29, 1.82) is 0 Å². The zero-order chi connectivity index (χ0) is 21.5. The minimum absolute atomic E-state index is 0.0903. The third kappa shape index (κ3) is 4.41. The highest BCUT2D eigenvalue weighted by Crippen LogP contribution is 2.29. The van der Waals surface area contributed by atoms with Crippen molar-refractivity contribution in [2.24, 2.45) is 0 Å². The van der Waals surface area contributed by atoms with Crippen LogP contribution < -0.4 is 0 Å². The fourth-order valence-corrected chi connectivity index (χ4v) is 8.68. The van der Waals surface area contributed by atoms with Crippen molar-refractivity contribution < 1.29 is 16.8 Å². The predicted molar refractivity (Wildman–Crippen MR) is 122 cm³/mol. The fraction of sp³-hybridized carbons (Fsp3) is 0.300. The molecule has 0 aliphatic carbocycles. The van der Waals surface area contributed by atoms with E-state index in [1.165, 1.54) is 0 Å². The molecule has 0 aliphatic heterocycles. The maximum absolute atomic E-state index is 12.6. The van der Waals surface area contributed by atoms with Gasteiger partial charge in [0.1, 0.15) is 0 Å². The maximum Gasteiger partial charge on any atom is 0.210 e. The summed E-state index contributed by atoms with van der Waals surface area (Å²) in [5.74, 6) is -0.249. The number of rotatable bonds is 7. The highest BCUT2D eigenvalue weighted by molar-refractivity contribution is 7.93. The van der Waals surface area contributed by atoms with Gasteiger partial charge in [-0.1, -0.05) is 12.1 Å². The van der Waals surface area contributed by atoms with Gasteiger partial charge in [0, 0.05) is 0 Å². The Morgan fingerprint density at radius 3 is 1.50 bits per heavy atom. The number of hydrogen-bond acceptors (Lipinski definition) is 8. The molecule has 158 valence electrons. The molecule has 0 saturated heterocycles. The molecule has 2 heterocycles. The van der Waals surface area contributed by atoms with E-state index in [0.29, 0.717) is 11.0 Å². The van der Waals surface area contributed by atoms with E-state index < -0.39 is 19.7 Å². The van der Waals surface area contributed by atoms with Crippen LogP contribution in [0.1, 0.15) is 24.0 Å². The molecule has 30 heavy (non-hydrogen) atoms. The summed E-state index contributed by atoms with van der Waals surface area (Å²) in [6, 6.07) is 11.2. The molecular weight excluding hydrogens is 460 g/mol. The van der Waals surface area contributed by atoms with Gasteiger partial charge in [-0.25, -0.2) is 26.8 Å². The van der Waals surface area contributed by atoms with Crippen molar-refractivity contribution in [1.82, 2.24) is 9.97 Å². The summed E-state index contributed by atoms with van der Waals surface area (Å²) in [5, 5.41) is 0. The second-order valence-electron chi connectivity index (χ2n) is 7.25. The zero-order valence-corrected chi connectivity index (χ0v) is 19.7. The first-order valence-electron chi connectivity index (χ1n) is 9.34. The Morgan fingerprint density at radius 2 is 1.10 bits per heavy atom. The highest BCUT2D eigenvalue weighted by Gasteiger charge is 2.22. The molecule has 0 spiro atoms. The van der Waals surface area contributed by atoms with E-state index in [1.54, 1.807) is 0 Å². The number of thiazole rings is 2. The Kier molecular flexibility index (Phi) is 5.69. The maximum atomic E-state index is 12.6. The van der Waals surface area contributed by atoms with Gasteiger partial charge in [-0.2, -0.15) is 0 Å². The minimum atomic E-state index is -3.54. The van der Waals surface area contributed by atoms with Gasteiger partial charge in [0.05, 0.1) is 31.9 Å². The number of fused-ring (bicyclic) bond motifs is 2. The molecule has 4 aromatic rings. The quantitative estimate of drug-likeness (QED) is 0.360. The summed E-state index contributed by atoms with van der Waals surface area (Å²) in [7, 11) is -7.09. The monoisotopic (exact) mass is 480 g/mol. The number of nitrogens with zero attached hydrogens (tertiary/aromatic N) is 2. The topological polar surface area (TPSA) is 94.1 Å². The lowest BCUT2D eigenvalue weighted by molar-refractivity contribution is 0.584. The van der Waals surface area contributed by atoms with E-state index in [-0.39, 0.29) is 33.0 Å². The van der Waals surface area contributed by atoms with Crippen molar-refractivity contribution >= 4 is 62.8 Å². The molecule has 2 aromatic carbocycles. The summed E-state index contributed by atoms with van der Waals surface area (Å²) in [5.41, 5.74) is 3.42. The SMILES string of the molecule is Cc1ccc2nc(S(=O)(=O)CCCCS(=O)(=O)c3nc4ccc(C)cc4s3)sc2c1. The Bertz CT molecular complexity index is 1340. The fourth-order valence-electron chi connectivity index (χ4n) is 3.05. The molecule has 6 nitrogen and oxygen atoms in total. The van der Waals surface area contributed by atoms with Crippen LogP contribution in [0.4, 0.5) is 0 Å². The van der Waals surface area contributed by atoms with Crippen LogP contribution in [-0.2, 0) is 19.7 Å². The van der Waals surface area contributed by atoms with Crippen molar-refractivity contribution in [3.63, 3.8) is 0 Å². The highest BCUT2D eigenvalue weighted by atomic mass is 32.2. The lowest BCUT2D eigenvalue weighted by Gasteiger charge is -2.02. The Balaban J connectivity index is 1.41. The molecule has 0 atom stereocenters. The molecule has 0 amide bonds. The van der Waals surface area contributed by atoms with Crippen molar-refractivity contribution in [2.75, 3.05) is 11.5 Å². The second kappa shape index (κ2) is 7.99. The summed E-state index contributed by atoms with van der Waals surface area (Å²) < 4.78 is 52.3. The van der Waals surface area contributed by atoms with Gasteiger partial charge < -0.3 is 0 Å². The summed E-state index contributed by atoms with van der Waals surface area (Å²) in [4.78, 5) is 8.47. The van der Waals surface area contributed by atoms with Gasteiger partial charge >= 0.3 is 0 Å². The van der Waals surface area contributed by atoms with Crippen LogP contribution in [0.2, 0.25) is 0 Å². The third-order valence-electron chi connectivity index (χ3n) is 4.66. The number of benzene rings is 2. The van der Waals surface area contributed by atoms with E-state index in [9.17, 15) is 16.8 Å². The Labute approximate surface area is 183 Å². The van der Waals surface area contributed by atoms with Gasteiger partial charge in [0.15, 0.2) is 0 Å². The first kappa shape index (κ1) is 21.4. The van der Waals surface area contributed by atoms with Crippen LogP contribution in [0.3, 0.4) is 0 Å². The molecule has 0 radical (unpaired) electrons. The molecular formula is C20H20N2O4S4. The van der Waals surface area contributed by atoms with E-state index in [1.807, 2.05) is 50.2 Å². The van der Waals surface area contributed by atoms with Crippen molar-refractivity contribution in [2.45, 2.75) is 35.4 Å². The average molecular weight is 481 g/mol. The number of unbranched alkanes of at least 4 members (excludes halogenated alkanes) is 1. The van der Waals surface area contributed by atoms with Crippen LogP contribution in [0.5, 0.6) is 0 Å².